The van der Waals surface area contributed by atoms with Gasteiger partial charge in [-0.15, -0.1) is 0 Å². The number of nitrogens with zero attached hydrogens (tertiary/aromatic N) is 2. The summed E-state index contributed by atoms with van der Waals surface area (Å²) in [5.74, 6) is -0.201. The molecule has 20 heavy (non-hydrogen) atoms. The predicted molar refractivity (Wildman–Crippen MR) is 78.4 cm³/mol. The Morgan fingerprint density at radius 1 is 1.30 bits per heavy atom. The maximum Gasteiger partial charge on any atom is 0.124 e. The molecule has 0 radical (unpaired) electrons. The number of halogens is 1. The lowest BCUT2D eigenvalue weighted by Gasteiger charge is -2.57. The molecule has 0 unspecified atom stereocenters. The fraction of sp³-hybridized carbons (Fsp3) is 0.438. The summed E-state index contributed by atoms with van der Waals surface area (Å²) in [5, 5.41) is 4.27. The Kier molecular flexibility index (Phi) is 2.51. The van der Waals surface area contributed by atoms with Gasteiger partial charge in [-0.3, -0.25) is 4.98 Å². The quantitative estimate of drug-likeness (QED) is 0.910. The van der Waals surface area contributed by atoms with Crippen molar-refractivity contribution >= 4 is 16.6 Å². The second-order valence-electron chi connectivity index (χ2n) is 6.27. The van der Waals surface area contributed by atoms with E-state index in [-0.39, 0.29) is 5.82 Å². The van der Waals surface area contributed by atoms with Crippen molar-refractivity contribution in [3.05, 3.63) is 36.3 Å². The Morgan fingerprint density at radius 3 is 2.80 bits per heavy atom. The Hall–Kier alpha value is -1.68. The van der Waals surface area contributed by atoms with Crippen LogP contribution in [0.3, 0.4) is 0 Å². The van der Waals surface area contributed by atoms with Crippen molar-refractivity contribution in [3.8, 4) is 0 Å². The van der Waals surface area contributed by atoms with Crippen LogP contribution in [0.15, 0.2) is 30.5 Å². The second kappa shape index (κ2) is 4.16. The minimum atomic E-state index is -0.201. The summed E-state index contributed by atoms with van der Waals surface area (Å²) in [7, 11) is 2.11. The van der Waals surface area contributed by atoms with Gasteiger partial charge in [0.05, 0.1) is 5.52 Å². The van der Waals surface area contributed by atoms with Gasteiger partial charge in [0.1, 0.15) is 5.82 Å². The molecule has 0 atom stereocenters. The number of aromatic nitrogens is 1. The molecular formula is C16H18FN3. The molecule has 1 aromatic carbocycles. The highest BCUT2D eigenvalue weighted by atomic mass is 19.1. The van der Waals surface area contributed by atoms with Gasteiger partial charge in [-0.05, 0) is 42.5 Å². The van der Waals surface area contributed by atoms with Crippen LogP contribution < -0.4 is 10.2 Å². The molecule has 2 aromatic rings. The van der Waals surface area contributed by atoms with Crippen LogP contribution in [0, 0.1) is 11.2 Å². The van der Waals surface area contributed by atoms with E-state index in [9.17, 15) is 4.39 Å². The number of hydrogen-bond donors (Lipinski definition) is 1. The van der Waals surface area contributed by atoms with Gasteiger partial charge in [0, 0.05) is 43.4 Å². The van der Waals surface area contributed by atoms with E-state index in [1.807, 2.05) is 12.3 Å². The first-order chi connectivity index (χ1) is 9.67. The molecule has 0 amide bonds. The van der Waals surface area contributed by atoms with Crippen molar-refractivity contribution in [1.82, 2.24) is 10.3 Å². The highest BCUT2D eigenvalue weighted by Crippen LogP contribution is 2.47. The van der Waals surface area contributed by atoms with Crippen LogP contribution in [0.25, 0.3) is 10.9 Å². The maximum atomic E-state index is 13.5. The Bertz CT molecular complexity index is 658. The standard InChI is InChI=1S/C16H18FN3/c1-20(12-7-16(8-12)9-18-10-16)15-4-5-19-14-3-2-11(17)6-13(14)15/h2-6,12,18H,7-10H2,1H3. The summed E-state index contributed by atoms with van der Waals surface area (Å²) in [5.41, 5.74) is 2.49. The zero-order valence-corrected chi connectivity index (χ0v) is 11.6. The summed E-state index contributed by atoms with van der Waals surface area (Å²) < 4.78 is 13.5. The maximum absolute atomic E-state index is 13.5. The molecule has 1 aromatic heterocycles. The summed E-state index contributed by atoms with van der Waals surface area (Å²) in [6.07, 6.45) is 4.27. The van der Waals surface area contributed by atoms with Crippen molar-refractivity contribution in [1.29, 1.82) is 0 Å². The van der Waals surface area contributed by atoms with Crippen LogP contribution in [0.4, 0.5) is 10.1 Å². The minimum Gasteiger partial charge on any atom is -0.371 e. The van der Waals surface area contributed by atoms with Crippen LogP contribution in [-0.2, 0) is 0 Å². The lowest BCUT2D eigenvalue weighted by molar-refractivity contribution is 0.0374. The molecule has 104 valence electrons. The van der Waals surface area contributed by atoms with Crippen molar-refractivity contribution in [3.63, 3.8) is 0 Å². The molecule has 1 saturated carbocycles. The number of benzene rings is 1. The Labute approximate surface area is 117 Å². The molecule has 1 N–H and O–H groups in total. The smallest absolute Gasteiger partial charge is 0.124 e. The van der Waals surface area contributed by atoms with Crippen molar-refractivity contribution in [2.24, 2.45) is 5.41 Å². The molecule has 1 aliphatic carbocycles. The van der Waals surface area contributed by atoms with E-state index in [1.165, 1.54) is 18.9 Å². The van der Waals surface area contributed by atoms with Gasteiger partial charge in [0.25, 0.3) is 0 Å². The highest BCUT2D eigenvalue weighted by molar-refractivity contribution is 5.91. The largest absolute Gasteiger partial charge is 0.371 e. The van der Waals surface area contributed by atoms with Gasteiger partial charge in [-0.2, -0.15) is 0 Å². The average molecular weight is 271 g/mol. The van der Waals surface area contributed by atoms with E-state index in [2.05, 4.69) is 22.2 Å². The molecule has 4 heteroatoms. The first kappa shape index (κ1) is 12.1. The monoisotopic (exact) mass is 271 g/mol. The first-order valence-corrected chi connectivity index (χ1v) is 7.15. The Morgan fingerprint density at radius 2 is 2.10 bits per heavy atom. The van der Waals surface area contributed by atoms with Crippen LogP contribution in [0.1, 0.15) is 12.8 Å². The number of hydrogen-bond acceptors (Lipinski definition) is 3. The number of anilines is 1. The second-order valence-corrected chi connectivity index (χ2v) is 6.27. The molecule has 0 bridgehead atoms. The molecule has 1 saturated heterocycles. The fourth-order valence-electron chi connectivity index (χ4n) is 3.59. The van der Waals surface area contributed by atoms with Gasteiger partial charge in [0.2, 0.25) is 0 Å². The minimum absolute atomic E-state index is 0.201. The first-order valence-electron chi connectivity index (χ1n) is 7.15. The third-order valence-corrected chi connectivity index (χ3v) is 4.95. The molecule has 3 nitrogen and oxygen atoms in total. The summed E-state index contributed by atoms with van der Waals surface area (Å²) >= 11 is 0. The zero-order chi connectivity index (χ0) is 13.7. The molecule has 1 aliphatic heterocycles. The zero-order valence-electron chi connectivity index (χ0n) is 11.6. The van der Waals surface area contributed by atoms with E-state index in [1.54, 1.807) is 12.1 Å². The van der Waals surface area contributed by atoms with Crippen molar-refractivity contribution < 1.29 is 4.39 Å². The Balaban J connectivity index is 1.66. The van der Waals surface area contributed by atoms with E-state index in [0.29, 0.717) is 11.5 Å². The average Bonchev–Trinajstić information content (AvgIpc) is 2.34. The highest BCUT2D eigenvalue weighted by Gasteiger charge is 2.49. The number of pyridine rings is 1. The molecule has 2 heterocycles. The molecule has 1 spiro atoms. The SMILES string of the molecule is CN(c1ccnc2ccc(F)cc12)C1CC2(CNC2)C1. The number of nitrogens with one attached hydrogen (secondary N) is 1. The third kappa shape index (κ3) is 1.71. The number of rotatable bonds is 2. The van der Waals surface area contributed by atoms with E-state index < -0.39 is 0 Å². The van der Waals surface area contributed by atoms with Gasteiger partial charge in [-0.25, -0.2) is 4.39 Å². The lowest BCUT2D eigenvalue weighted by Crippen LogP contribution is -2.64. The van der Waals surface area contributed by atoms with Crippen molar-refractivity contribution in [2.45, 2.75) is 18.9 Å². The normalized spacial score (nSPS) is 20.7. The molecule has 2 aliphatic rings. The van der Waals surface area contributed by atoms with Gasteiger partial charge in [0.15, 0.2) is 0 Å². The van der Waals surface area contributed by atoms with Crippen molar-refractivity contribution in [2.75, 3.05) is 25.0 Å². The van der Waals surface area contributed by atoms with E-state index in [0.717, 1.165) is 29.7 Å². The van der Waals surface area contributed by atoms with Crippen LogP contribution in [0.2, 0.25) is 0 Å². The molecule has 4 rings (SSSR count). The van der Waals surface area contributed by atoms with Gasteiger partial charge >= 0.3 is 0 Å². The van der Waals surface area contributed by atoms with E-state index >= 15 is 0 Å². The van der Waals surface area contributed by atoms with Crippen LogP contribution >= 0.6 is 0 Å². The summed E-state index contributed by atoms with van der Waals surface area (Å²) in [4.78, 5) is 6.62. The van der Waals surface area contributed by atoms with Gasteiger partial charge in [-0.1, -0.05) is 0 Å². The molecule has 2 fully saturated rings. The van der Waals surface area contributed by atoms with Crippen LogP contribution in [-0.4, -0.2) is 31.2 Å². The molecular weight excluding hydrogens is 253 g/mol. The lowest BCUT2D eigenvalue weighted by atomic mass is 9.61. The van der Waals surface area contributed by atoms with E-state index in [4.69, 9.17) is 0 Å². The third-order valence-electron chi connectivity index (χ3n) is 4.95. The van der Waals surface area contributed by atoms with Gasteiger partial charge < -0.3 is 10.2 Å². The fourth-order valence-corrected chi connectivity index (χ4v) is 3.59. The topological polar surface area (TPSA) is 28.2 Å². The predicted octanol–water partition coefficient (Wildman–Crippen LogP) is 2.56. The summed E-state index contributed by atoms with van der Waals surface area (Å²) in [6, 6.07) is 7.36. The summed E-state index contributed by atoms with van der Waals surface area (Å²) in [6.45, 7) is 2.31. The van der Waals surface area contributed by atoms with Crippen LogP contribution in [0.5, 0.6) is 0 Å². The number of fused-ring (bicyclic) bond motifs is 1.